The number of aliphatic hydroxyl groups excluding tert-OH is 1. The van der Waals surface area contributed by atoms with Crippen LogP contribution in [0.1, 0.15) is 57.7 Å². The highest BCUT2D eigenvalue weighted by Gasteiger charge is 2.34. The molecule has 1 amide bonds. The molecule has 0 aliphatic carbocycles. The van der Waals surface area contributed by atoms with Crippen molar-refractivity contribution in [3.63, 3.8) is 0 Å². The maximum absolute atomic E-state index is 13.2. The van der Waals surface area contributed by atoms with Gasteiger partial charge in [-0.2, -0.15) is 4.31 Å². The van der Waals surface area contributed by atoms with Gasteiger partial charge in [0.25, 0.3) is 0 Å². The van der Waals surface area contributed by atoms with E-state index in [0.29, 0.717) is 18.3 Å². The van der Waals surface area contributed by atoms with Crippen LogP contribution in [0.25, 0.3) is 0 Å². The minimum atomic E-state index is -3.66. The Kier molecular flexibility index (Phi) is 12.8. The lowest BCUT2D eigenvalue weighted by molar-refractivity contribution is -0.111. The Morgan fingerprint density at radius 3 is 2.12 bits per heavy atom. The lowest BCUT2D eigenvalue weighted by Gasteiger charge is -2.35. The molecule has 0 spiro atoms. The topological polar surface area (TPSA) is 130 Å². The molecule has 0 radical (unpaired) electrons. The molecule has 222 valence electrons. The molecule has 2 rings (SSSR count). The molecule has 0 aromatic heterocycles. The van der Waals surface area contributed by atoms with Crippen molar-refractivity contribution in [2.24, 2.45) is 17.1 Å². The minimum Gasteiger partial charge on any atom is -0.449 e. The number of benzene rings is 2. The number of sulfonamides is 1. The Hall–Kier alpha value is -2.79. The molecule has 0 heterocycles. The molecule has 0 bridgehead atoms. The quantitative estimate of drug-likeness (QED) is 0.290. The third-order valence-electron chi connectivity index (χ3n) is 6.95. The van der Waals surface area contributed by atoms with Gasteiger partial charge in [0.15, 0.2) is 0 Å². The number of carbonyl (C=O) groups excluding carboxylic acids is 2. The number of hydrogen-bond donors (Lipinski definition) is 2. The highest BCUT2D eigenvalue weighted by Crippen LogP contribution is 2.30. The van der Waals surface area contributed by atoms with Gasteiger partial charge in [-0.15, -0.1) is 0 Å². The number of amides is 1. The number of aliphatic hydroxyl groups is 1. The van der Waals surface area contributed by atoms with Crippen LogP contribution in [-0.2, 0) is 26.1 Å². The average molecular weight is 576 g/mol. The van der Waals surface area contributed by atoms with Crippen molar-refractivity contribution in [2.75, 3.05) is 26.0 Å². The third-order valence-corrected chi connectivity index (χ3v) is 8.22. The van der Waals surface area contributed by atoms with E-state index in [2.05, 4.69) is 0 Å². The van der Waals surface area contributed by atoms with Gasteiger partial charge >= 0.3 is 6.09 Å². The van der Waals surface area contributed by atoms with Gasteiger partial charge in [0.05, 0.1) is 24.4 Å². The normalized spacial score (nSPS) is 14.5. The summed E-state index contributed by atoms with van der Waals surface area (Å²) in [5, 5.41) is 11.5. The van der Waals surface area contributed by atoms with Crippen LogP contribution in [0.4, 0.5) is 4.79 Å². The zero-order chi connectivity index (χ0) is 29.9. The van der Waals surface area contributed by atoms with E-state index in [0.717, 1.165) is 11.8 Å². The number of nitrogens with zero attached hydrogens (tertiary/aromatic N) is 2. The highest BCUT2D eigenvalue weighted by atomic mass is 32.2. The second kappa shape index (κ2) is 15.3. The first-order chi connectivity index (χ1) is 18.8. The monoisotopic (exact) mass is 575 g/mol. The molecule has 0 saturated carbocycles. The van der Waals surface area contributed by atoms with Gasteiger partial charge in [-0.25, -0.2) is 13.2 Å². The molecular formula is C30H45N3O6S. The molecule has 0 saturated heterocycles. The predicted octanol–water partition coefficient (Wildman–Crippen LogP) is 3.98. The molecule has 0 fully saturated rings. The van der Waals surface area contributed by atoms with Crippen molar-refractivity contribution in [3.8, 4) is 0 Å². The summed E-state index contributed by atoms with van der Waals surface area (Å²) in [5.41, 5.74) is 6.65. The summed E-state index contributed by atoms with van der Waals surface area (Å²) in [6, 6.07) is 16.8. The molecule has 0 aliphatic rings. The van der Waals surface area contributed by atoms with E-state index in [-0.39, 0.29) is 38.6 Å². The van der Waals surface area contributed by atoms with Gasteiger partial charge in [0.1, 0.15) is 12.9 Å². The summed E-state index contributed by atoms with van der Waals surface area (Å²) < 4.78 is 32.7. The van der Waals surface area contributed by atoms with E-state index < -0.39 is 39.7 Å². The maximum atomic E-state index is 13.2. The molecule has 10 heteroatoms. The molecule has 2 aromatic rings. The Morgan fingerprint density at radius 2 is 1.60 bits per heavy atom. The standard InChI is InChI=1S/C30H45N3O6S/c1-23(2)16-19-33(40(5,37)38)28(25-14-10-7-11-15-25)26(35)17-18-32(20-24-12-8-6-9-13-24)29(36)39-22-30(3,4)27(31)21-34/h6-15,21,23,26-28,35H,16-20,22,31H2,1-5H3/t26?,27?,28-/m0/s1. The summed E-state index contributed by atoms with van der Waals surface area (Å²) in [4.78, 5) is 25.9. The molecule has 2 unspecified atom stereocenters. The molecule has 3 N–H and O–H groups in total. The fraction of sp³-hybridized carbons (Fsp3) is 0.533. The summed E-state index contributed by atoms with van der Waals surface area (Å²) in [6.07, 6.45) is 0.804. The predicted molar refractivity (Wildman–Crippen MR) is 157 cm³/mol. The fourth-order valence-electron chi connectivity index (χ4n) is 4.23. The maximum Gasteiger partial charge on any atom is 0.410 e. The van der Waals surface area contributed by atoms with Crippen molar-refractivity contribution in [1.82, 2.24) is 9.21 Å². The van der Waals surface area contributed by atoms with Gasteiger partial charge in [-0.3, -0.25) is 0 Å². The van der Waals surface area contributed by atoms with Crippen LogP contribution in [-0.4, -0.2) is 73.2 Å². The van der Waals surface area contributed by atoms with Crippen LogP contribution in [0.5, 0.6) is 0 Å². The highest BCUT2D eigenvalue weighted by molar-refractivity contribution is 7.88. The molecular weight excluding hydrogens is 530 g/mol. The zero-order valence-corrected chi connectivity index (χ0v) is 25.1. The van der Waals surface area contributed by atoms with Crippen LogP contribution in [0.2, 0.25) is 0 Å². The number of rotatable bonds is 16. The first-order valence-corrected chi connectivity index (χ1v) is 15.5. The molecule has 0 aliphatic heterocycles. The smallest absolute Gasteiger partial charge is 0.410 e. The van der Waals surface area contributed by atoms with E-state index in [9.17, 15) is 23.1 Å². The number of carbonyl (C=O) groups is 2. The van der Waals surface area contributed by atoms with Gasteiger partial charge in [-0.05, 0) is 29.9 Å². The number of hydrogen-bond acceptors (Lipinski definition) is 7. The summed E-state index contributed by atoms with van der Waals surface area (Å²) in [6.45, 7) is 8.05. The van der Waals surface area contributed by atoms with Crippen LogP contribution in [0.15, 0.2) is 60.7 Å². The van der Waals surface area contributed by atoms with E-state index in [1.807, 2.05) is 62.4 Å². The van der Waals surface area contributed by atoms with E-state index in [1.165, 1.54) is 9.21 Å². The molecule has 9 nitrogen and oxygen atoms in total. The minimum absolute atomic E-state index is 0.0662. The molecule has 3 atom stereocenters. The van der Waals surface area contributed by atoms with Crippen LogP contribution in [0.3, 0.4) is 0 Å². The summed E-state index contributed by atoms with van der Waals surface area (Å²) in [5.74, 6) is 0.269. The van der Waals surface area contributed by atoms with Crippen LogP contribution < -0.4 is 5.73 Å². The lowest BCUT2D eigenvalue weighted by atomic mass is 9.87. The largest absolute Gasteiger partial charge is 0.449 e. The fourth-order valence-corrected chi connectivity index (χ4v) is 5.34. The number of aldehydes is 1. The van der Waals surface area contributed by atoms with E-state index in [4.69, 9.17) is 10.5 Å². The summed E-state index contributed by atoms with van der Waals surface area (Å²) >= 11 is 0. The SMILES string of the molecule is CC(C)CCN([C@@H](c1ccccc1)C(O)CCN(Cc1ccccc1)C(=O)OCC(C)(C)C(N)C=O)S(C)(=O)=O. The number of ether oxygens (including phenoxy) is 1. The van der Waals surface area contributed by atoms with Gasteiger partial charge < -0.3 is 25.3 Å². The van der Waals surface area contributed by atoms with Crippen LogP contribution in [0, 0.1) is 11.3 Å². The third kappa shape index (κ3) is 10.3. The van der Waals surface area contributed by atoms with Crippen molar-refractivity contribution in [2.45, 2.75) is 65.3 Å². The lowest BCUT2D eigenvalue weighted by Crippen LogP contribution is -2.44. The van der Waals surface area contributed by atoms with Crippen molar-refractivity contribution >= 4 is 22.4 Å². The Bertz CT molecular complexity index is 1160. The van der Waals surface area contributed by atoms with Gasteiger partial charge in [0, 0.05) is 25.0 Å². The van der Waals surface area contributed by atoms with Crippen molar-refractivity contribution in [1.29, 1.82) is 0 Å². The van der Waals surface area contributed by atoms with Crippen molar-refractivity contribution < 1.29 is 27.9 Å². The second-order valence-corrected chi connectivity index (χ2v) is 13.3. The molecule has 40 heavy (non-hydrogen) atoms. The average Bonchev–Trinajstić information content (AvgIpc) is 2.91. The first kappa shape index (κ1) is 33.4. The van der Waals surface area contributed by atoms with E-state index in [1.54, 1.807) is 26.0 Å². The Morgan fingerprint density at radius 1 is 1.02 bits per heavy atom. The molecule has 2 aromatic carbocycles. The van der Waals surface area contributed by atoms with Gasteiger partial charge in [0.2, 0.25) is 10.0 Å². The summed E-state index contributed by atoms with van der Waals surface area (Å²) in [7, 11) is -3.66. The van der Waals surface area contributed by atoms with E-state index >= 15 is 0 Å². The second-order valence-electron chi connectivity index (χ2n) is 11.4. The first-order valence-electron chi connectivity index (χ1n) is 13.6. The van der Waals surface area contributed by atoms with Crippen molar-refractivity contribution in [3.05, 3.63) is 71.8 Å². The Balaban J connectivity index is 2.30. The van der Waals surface area contributed by atoms with Crippen LogP contribution >= 0.6 is 0 Å². The Labute approximate surface area is 239 Å². The van der Waals surface area contributed by atoms with Gasteiger partial charge in [-0.1, -0.05) is 88.4 Å². The zero-order valence-electron chi connectivity index (χ0n) is 24.3. The number of nitrogens with two attached hydrogens (primary N) is 1.